The first-order valence-corrected chi connectivity index (χ1v) is 7.66. The molecule has 2 rings (SSSR count). The van der Waals surface area contributed by atoms with Crippen molar-refractivity contribution in [3.8, 4) is 5.69 Å². The van der Waals surface area contributed by atoms with Gasteiger partial charge in [0.05, 0.1) is 5.69 Å². The van der Waals surface area contributed by atoms with Crippen molar-refractivity contribution in [2.24, 2.45) is 5.73 Å². The molecule has 1 aromatic carbocycles. The van der Waals surface area contributed by atoms with Gasteiger partial charge in [0.15, 0.2) is 0 Å². The van der Waals surface area contributed by atoms with Crippen LogP contribution in [0, 0.1) is 20.8 Å². The van der Waals surface area contributed by atoms with Crippen LogP contribution in [0.3, 0.4) is 0 Å². The number of thiocarbonyl (C=S) groups is 1. The molecule has 136 valence electrons. The van der Waals surface area contributed by atoms with Gasteiger partial charge in [-0.05, 0) is 43.5 Å². The van der Waals surface area contributed by atoms with E-state index in [1.54, 1.807) is 26.8 Å². The van der Waals surface area contributed by atoms with E-state index in [-0.39, 0.29) is 10.7 Å². The molecule has 0 unspecified atom stereocenters. The molecule has 0 saturated heterocycles. The molecular formula is C15H18F3N5OS. The zero-order chi connectivity index (χ0) is 19.3. The molecule has 0 saturated carbocycles. The van der Waals surface area contributed by atoms with Crippen molar-refractivity contribution >= 4 is 17.2 Å². The maximum atomic E-state index is 13.3. The number of hydrogen-bond acceptors (Lipinski definition) is 4. The lowest BCUT2D eigenvalue weighted by molar-refractivity contribution is -0.147. The lowest BCUT2D eigenvalue weighted by atomic mass is 9.97. The van der Waals surface area contributed by atoms with E-state index in [4.69, 9.17) is 18.0 Å². The van der Waals surface area contributed by atoms with Gasteiger partial charge in [0.2, 0.25) is 0 Å². The predicted octanol–water partition coefficient (Wildman–Crippen LogP) is 1.81. The van der Waals surface area contributed by atoms with Gasteiger partial charge >= 0.3 is 11.9 Å². The topological polar surface area (TPSA) is 69.1 Å². The second-order valence-corrected chi connectivity index (χ2v) is 6.32. The minimum atomic E-state index is -4.77. The molecule has 1 aromatic heterocycles. The smallest absolute Gasteiger partial charge is 0.389 e. The summed E-state index contributed by atoms with van der Waals surface area (Å²) in [5.74, 6) is -1.29. The molecule has 0 bridgehead atoms. The largest absolute Gasteiger partial charge is 0.453 e. The second kappa shape index (κ2) is 6.17. The molecule has 10 heteroatoms. The van der Waals surface area contributed by atoms with Crippen LogP contribution in [0.5, 0.6) is 0 Å². The molecule has 0 spiro atoms. The van der Waals surface area contributed by atoms with Gasteiger partial charge in [-0.15, -0.1) is 5.10 Å². The highest BCUT2D eigenvalue weighted by molar-refractivity contribution is 7.80. The molecule has 0 aliphatic rings. The maximum Gasteiger partial charge on any atom is 0.453 e. The second-order valence-electron chi connectivity index (χ2n) is 5.88. The van der Waals surface area contributed by atoms with Gasteiger partial charge in [0, 0.05) is 19.7 Å². The van der Waals surface area contributed by atoms with Crippen LogP contribution < -0.4 is 16.4 Å². The quantitative estimate of drug-likeness (QED) is 0.831. The summed E-state index contributed by atoms with van der Waals surface area (Å²) in [7, 11) is 2.67. The van der Waals surface area contributed by atoms with Gasteiger partial charge < -0.3 is 10.7 Å². The molecule has 6 nitrogen and oxygen atoms in total. The van der Waals surface area contributed by atoms with E-state index in [0.29, 0.717) is 26.9 Å². The number of halogens is 3. The Morgan fingerprint density at radius 1 is 1.24 bits per heavy atom. The average Bonchev–Trinajstić information content (AvgIpc) is 2.80. The van der Waals surface area contributed by atoms with E-state index in [1.807, 2.05) is 0 Å². The summed E-state index contributed by atoms with van der Waals surface area (Å²) >= 11 is 5.00. The van der Waals surface area contributed by atoms with Crippen LogP contribution in [-0.2, 0) is 6.18 Å². The first kappa shape index (κ1) is 19.0. The van der Waals surface area contributed by atoms with Gasteiger partial charge in [-0.1, -0.05) is 12.2 Å². The van der Waals surface area contributed by atoms with E-state index in [2.05, 4.69) is 5.10 Å². The normalized spacial score (nSPS) is 11.7. The molecule has 0 amide bonds. The molecule has 0 aliphatic heterocycles. The minimum absolute atomic E-state index is 0.178. The number of benzene rings is 1. The molecule has 0 fully saturated rings. The highest BCUT2D eigenvalue weighted by Gasteiger charge is 2.40. The minimum Gasteiger partial charge on any atom is -0.389 e. The fraction of sp³-hybridized carbons (Fsp3) is 0.400. The number of aryl methyl sites for hydroxylation is 1. The fourth-order valence-electron chi connectivity index (χ4n) is 2.69. The van der Waals surface area contributed by atoms with E-state index in [9.17, 15) is 18.0 Å². The van der Waals surface area contributed by atoms with Gasteiger partial charge in [-0.2, -0.15) is 22.5 Å². The highest BCUT2D eigenvalue weighted by atomic mass is 32.1. The Morgan fingerprint density at radius 3 is 2.20 bits per heavy atom. The summed E-state index contributed by atoms with van der Waals surface area (Å²) < 4.78 is 41.1. The number of nitrogens with zero attached hydrogens (tertiary/aromatic N) is 4. The van der Waals surface area contributed by atoms with Gasteiger partial charge in [0.1, 0.15) is 4.99 Å². The lowest BCUT2D eigenvalue weighted by Gasteiger charge is -2.16. The Kier molecular flexibility index (Phi) is 4.69. The molecular weight excluding hydrogens is 355 g/mol. The van der Waals surface area contributed by atoms with E-state index >= 15 is 0 Å². The zero-order valence-corrected chi connectivity index (χ0v) is 15.2. The highest BCUT2D eigenvalue weighted by Crippen LogP contribution is 2.29. The van der Waals surface area contributed by atoms with Crippen LogP contribution in [0.15, 0.2) is 10.9 Å². The van der Waals surface area contributed by atoms with Crippen molar-refractivity contribution in [1.82, 2.24) is 14.5 Å². The fourth-order valence-corrected chi connectivity index (χ4v) is 2.91. The zero-order valence-electron chi connectivity index (χ0n) is 14.4. The van der Waals surface area contributed by atoms with E-state index in [0.717, 1.165) is 9.69 Å². The van der Waals surface area contributed by atoms with Crippen LogP contribution in [0.2, 0.25) is 0 Å². The SMILES string of the molecule is Cc1cc(C(N)=S)c(C)c(C)c1-n1nc(C(F)(F)F)n(N(C)C)c1=O. The Morgan fingerprint density at radius 2 is 1.80 bits per heavy atom. The molecule has 2 N–H and O–H groups in total. The first-order chi connectivity index (χ1) is 11.4. The lowest BCUT2D eigenvalue weighted by Crippen LogP contribution is -2.39. The van der Waals surface area contributed by atoms with Crippen molar-refractivity contribution in [1.29, 1.82) is 0 Å². The number of hydrogen-bond donors (Lipinski definition) is 1. The summed E-state index contributed by atoms with van der Waals surface area (Å²) in [5, 5.41) is 4.58. The standard InChI is InChI=1S/C15H18F3N5OS/c1-7-6-10(12(19)25)8(2)9(3)11(7)22-14(24)23(21(4)5)13(20-22)15(16,17)18/h6H,1-5H3,(H2,19,25). The Labute approximate surface area is 147 Å². The molecule has 0 aliphatic carbocycles. The monoisotopic (exact) mass is 373 g/mol. The van der Waals surface area contributed by atoms with Crippen molar-refractivity contribution in [3.05, 3.63) is 44.6 Å². The number of alkyl halides is 3. The number of aromatic nitrogens is 3. The summed E-state index contributed by atoms with van der Waals surface area (Å²) in [6, 6.07) is 1.65. The predicted molar refractivity (Wildman–Crippen MR) is 93.0 cm³/mol. The Balaban J connectivity index is 2.88. The first-order valence-electron chi connectivity index (χ1n) is 7.25. The number of rotatable bonds is 3. The van der Waals surface area contributed by atoms with Crippen LogP contribution >= 0.6 is 12.2 Å². The van der Waals surface area contributed by atoms with Crippen LogP contribution in [-0.4, -0.2) is 33.5 Å². The van der Waals surface area contributed by atoms with E-state index < -0.39 is 17.7 Å². The van der Waals surface area contributed by atoms with E-state index in [1.165, 1.54) is 14.1 Å². The maximum absolute atomic E-state index is 13.3. The van der Waals surface area contributed by atoms with Crippen molar-refractivity contribution in [2.45, 2.75) is 26.9 Å². The molecule has 1 heterocycles. The third-order valence-corrected chi connectivity index (χ3v) is 4.16. The van der Waals surface area contributed by atoms with Crippen molar-refractivity contribution < 1.29 is 13.2 Å². The molecule has 0 atom stereocenters. The van der Waals surface area contributed by atoms with Crippen LogP contribution in [0.25, 0.3) is 5.69 Å². The van der Waals surface area contributed by atoms with Crippen molar-refractivity contribution in [3.63, 3.8) is 0 Å². The average molecular weight is 373 g/mol. The summed E-state index contributed by atoms with van der Waals surface area (Å²) in [6.45, 7) is 5.09. The van der Waals surface area contributed by atoms with Gasteiger partial charge in [-0.25, -0.2) is 4.79 Å². The van der Waals surface area contributed by atoms with Gasteiger partial charge in [-0.3, -0.25) is 0 Å². The van der Waals surface area contributed by atoms with Gasteiger partial charge in [0.25, 0.3) is 5.82 Å². The molecule has 25 heavy (non-hydrogen) atoms. The third-order valence-electron chi connectivity index (χ3n) is 3.94. The molecule has 0 radical (unpaired) electrons. The Hall–Kier alpha value is -2.36. The number of nitrogens with two attached hydrogens (primary N) is 1. The summed E-state index contributed by atoms with van der Waals surface area (Å²) in [4.78, 5) is 12.8. The summed E-state index contributed by atoms with van der Waals surface area (Å²) in [6.07, 6.45) is -4.77. The van der Waals surface area contributed by atoms with Crippen molar-refractivity contribution in [2.75, 3.05) is 19.1 Å². The van der Waals surface area contributed by atoms with Crippen LogP contribution in [0.4, 0.5) is 13.2 Å². The summed E-state index contributed by atoms with van der Waals surface area (Å²) in [5.41, 5.74) is 7.49. The Bertz CT molecular complexity index is 911. The molecule has 2 aromatic rings. The van der Waals surface area contributed by atoms with Crippen LogP contribution in [0.1, 0.15) is 28.1 Å². The third kappa shape index (κ3) is 3.13.